The summed E-state index contributed by atoms with van der Waals surface area (Å²) in [4.78, 5) is 14.4. The molecule has 0 saturated carbocycles. The number of amides is 1. The minimum Gasteiger partial charge on any atom is -0.447 e. The van der Waals surface area contributed by atoms with E-state index in [-0.39, 0.29) is 19.8 Å². The number of nitrogens with zero attached hydrogens (tertiary/aromatic N) is 1. The zero-order valence-electron chi connectivity index (χ0n) is 13.4. The Morgan fingerprint density at radius 2 is 1.96 bits per heavy atom. The Hall–Kier alpha value is -1.32. The van der Waals surface area contributed by atoms with Crippen molar-refractivity contribution >= 4 is 17.9 Å². The van der Waals surface area contributed by atoms with Crippen LogP contribution in [0.3, 0.4) is 0 Å². The number of piperidine rings is 1. The summed E-state index contributed by atoms with van der Waals surface area (Å²) in [7, 11) is 1.50. The van der Waals surface area contributed by atoms with E-state index in [4.69, 9.17) is 9.47 Å². The van der Waals surface area contributed by atoms with Crippen LogP contribution in [0.5, 0.6) is 0 Å². The van der Waals surface area contributed by atoms with Crippen LogP contribution < -0.4 is 0 Å². The lowest BCUT2D eigenvalue weighted by Crippen LogP contribution is -2.63. The molecule has 8 heteroatoms. The van der Waals surface area contributed by atoms with Crippen LogP contribution in [0.15, 0.2) is 35.2 Å². The highest BCUT2D eigenvalue weighted by Crippen LogP contribution is 2.32. The van der Waals surface area contributed by atoms with Gasteiger partial charge in [-0.25, -0.2) is 4.79 Å². The first-order valence-electron chi connectivity index (χ1n) is 7.69. The van der Waals surface area contributed by atoms with Crippen LogP contribution in [0.25, 0.3) is 0 Å². The van der Waals surface area contributed by atoms with Gasteiger partial charge in [0.25, 0.3) is 0 Å². The number of rotatable bonds is 6. The summed E-state index contributed by atoms with van der Waals surface area (Å²) in [5, 5.41) is 29.7. The minimum absolute atomic E-state index is 0.0825. The monoisotopic (exact) mass is 357 g/mol. The van der Waals surface area contributed by atoms with Crippen molar-refractivity contribution in [3.8, 4) is 0 Å². The molecule has 0 unspecified atom stereocenters. The van der Waals surface area contributed by atoms with Gasteiger partial charge >= 0.3 is 6.09 Å². The molecule has 2 rings (SSSR count). The Morgan fingerprint density at radius 3 is 2.58 bits per heavy atom. The maximum atomic E-state index is 12.2. The highest BCUT2D eigenvalue weighted by atomic mass is 32.2. The van der Waals surface area contributed by atoms with Gasteiger partial charge in [-0.1, -0.05) is 18.2 Å². The Labute approximate surface area is 145 Å². The molecule has 1 amide bonds. The molecule has 1 saturated heterocycles. The number of hydrogen-bond acceptors (Lipinski definition) is 7. The van der Waals surface area contributed by atoms with Gasteiger partial charge in [-0.3, -0.25) is 4.90 Å². The zero-order chi connectivity index (χ0) is 17.5. The van der Waals surface area contributed by atoms with E-state index in [1.807, 2.05) is 30.3 Å². The predicted octanol–water partition coefficient (Wildman–Crippen LogP) is 0.329. The summed E-state index contributed by atoms with van der Waals surface area (Å²) in [5.41, 5.74) is 0. The Balaban J connectivity index is 2.08. The molecule has 7 nitrogen and oxygen atoms in total. The molecule has 24 heavy (non-hydrogen) atoms. The van der Waals surface area contributed by atoms with Crippen molar-refractivity contribution in [1.82, 2.24) is 4.90 Å². The first-order chi connectivity index (χ1) is 11.6. The van der Waals surface area contributed by atoms with Gasteiger partial charge in [-0.2, -0.15) is 0 Å². The molecule has 4 atom stereocenters. The Morgan fingerprint density at radius 1 is 1.25 bits per heavy atom. The lowest BCUT2D eigenvalue weighted by Gasteiger charge is -2.43. The van der Waals surface area contributed by atoms with E-state index < -0.39 is 36.2 Å². The fourth-order valence-corrected chi connectivity index (χ4v) is 3.76. The normalized spacial score (nSPS) is 27.1. The second kappa shape index (κ2) is 9.24. The molecule has 0 spiro atoms. The fourth-order valence-electron chi connectivity index (χ4n) is 2.56. The largest absolute Gasteiger partial charge is 0.447 e. The highest BCUT2D eigenvalue weighted by Gasteiger charge is 2.44. The molecular weight excluding hydrogens is 334 g/mol. The van der Waals surface area contributed by atoms with Gasteiger partial charge in [0.05, 0.1) is 30.6 Å². The molecule has 1 aromatic rings. The number of ether oxygens (including phenoxy) is 2. The number of aliphatic hydroxyl groups is 3. The number of hydrogen-bond donors (Lipinski definition) is 3. The topological polar surface area (TPSA) is 99.5 Å². The van der Waals surface area contributed by atoms with E-state index in [0.29, 0.717) is 0 Å². The molecule has 3 N–H and O–H groups in total. The van der Waals surface area contributed by atoms with Crippen LogP contribution >= 0.6 is 11.8 Å². The molecule has 0 radical (unpaired) electrons. The third kappa shape index (κ3) is 4.61. The average molecular weight is 357 g/mol. The Bertz CT molecular complexity index is 517. The lowest BCUT2D eigenvalue weighted by molar-refractivity contribution is -0.0810. The van der Waals surface area contributed by atoms with Crippen LogP contribution in [0.1, 0.15) is 0 Å². The van der Waals surface area contributed by atoms with E-state index in [9.17, 15) is 20.1 Å². The lowest BCUT2D eigenvalue weighted by atomic mass is 9.96. The summed E-state index contributed by atoms with van der Waals surface area (Å²) in [6.07, 6.45) is -2.95. The molecule has 0 bridgehead atoms. The van der Waals surface area contributed by atoms with E-state index >= 15 is 0 Å². The third-order valence-corrected chi connectivity index (χ3v) is 5.14. The summed E-state index contributed by atoms with van der Waals surface area (Å²) >= 11 is 1.37. The SMILES string of the molecule is COCCOC(=O)N1C[C@H](Sc2ccccc2)[C@@H](O)[C@H](O)[C@H]1CO. The molecule has 134 valence electrons. The van der Waals surface area contributed by atoms with Gasteiger partial charge in [-0.05, 0) is 12.1 Å². The third-order valence-electron chi connectivity index (χ3n) is 3.87. The number of carbonyl (C=O) groups excluding carboxylic acids is 1. The number of benzene rings is 1. The molecular formula is C16H23NO6S. The van der Waals surface area contributed by atoms with Gasteiger partial charge < -0.3 is 24.8 Å². The molecule has 1 fully saturated rings. The number of aliphatic hydroxyl groups excluding tert-OH is 3. The van der Waals surface area contributed by atoms with Crippen molar-refractivity contribution in [3.63, 3.8) is 0 Å². The van der Waals surface area contributed by atoms with Gasteiger partial charge in [0.15, 0.2) is 0 Å². The molecule has 1 aliphatic rings. The maximum absolute atomic E-state index is 12.2. The standard InChI is InChI=1S/C16H23NO6S/c1-22-7-8-23-16(21)17-9-13(15(20)14(19)12(17)10-18)24-11-5-3-2-4-6-11/h2-6,12-15,18-20H,7-10H2,1H3/t12-,13+,14-,15-/m1/s1. The van der Waals surface area contributed by atoms with E-state index in [0.717, 1.165) is 4.90 Å². The summed E-state index contributed by atoms with van der Waals surface area (Å²) in [5.74, 6) is 0. The van der Waals surface area contributed by atoms with Crippen molar-refractivity contribution in [2.24, 2.45) is 0 Å². The quantitative estimate of drug-likeness (QED) is 0.631. The van der Waals surface area contributed by atoms with E-state index in [1.165, 1.54) is 23.8 Å². The number of thioether (sulfide) groups is 1. The van der Waals surface area contributed by atoms with Crippen LogP contribution in [-0.2, 0) is 9.47 Å². The fraction of sp³-hybridized carbons (Fsp3) is 0.562. The smallest absolute Gasteiger partial charge is 0.410 e. The van der Waals surface area contributed by atoms with Gasteiger partial charge in [0, 0.05) is 18.6 Å². The number of carbonyl (C=O) groups is 1. The van der Waals surface area contributed by atoms with Crippen molar-refractivity contribution in [2.45, 2.75) is 28.4 Å². The van der Waals surface area contributed by atoms with Gasteiger partial charge in [0.1, 0.15) is 12.7 Å². The average Bonchev–Trinajstić information content (AvgIpc) is 2.60. The number of likely N-dealkylation sites (tertiary alicyclic amines) is 1. The first kappa shape index (κ1) is 19.0. The molecule has 1 heterocycles. The summed E-state index contributed by atoms with van der Waals surface area (Å²) in [6.45, 7) is 0.0467. The van der Waals surface area contributed by atoms with Crippen molar-refractivity contribution < 1.29 is 29.6 Å². The summed E-state index contributed by atoms with van der Waals surface area (Å²) < 4.78 is 9.92. The van der Waals surface area contributed by atoms with Crippen LogP contribution in [0.2, 0.25) is 0 Å². The van der Waals surface area contributed by atoms with E-state index in [2.05, 4.69) is 0 Å². The molecule has 1 aliphatic heterocycles. The first-order valence-corrected chi connectivity index (χ1v) is 8.57. The van der Waals surface area contributed by atoms with Crippen molar-refractivity contribution in [2.75, 3.05) is 33.5 Å². The molecule has 1 aromatic carbocycles. The van der Waals surface area contributed by atoms with Gasteiger partial charge in [0.2, 0.25) is 0 Å². The second-order valence-electron chi connectivity index (χ2n) is 5.46. The predicted molar refractivity (Wildman–Crippen MR) is 88.9 cm³/mol. The molecule has 0 aromatic heterocycles. The van der Waals surface area contributed by atoms with Crippen molar-refractivity contribution in [1.29, 1.82) is 0 Å². The van der Waals surface area contributed by atoms with Crippen LogP contribution in [0, 0.1) is 0 Å². The Kier molecular flexibility index (Phi) is 7.32. The van der Waals surface area contributed by atoms with E-state index in [1.54, 1.807) is 0 Å². The van der Waals surface area contributed by atoms with Crippen molar-refractivity contribution in [3.05, 3.63) is 30.3 Å². The maximum Gasteiger partial charge on any atom is 0.410 e. The number of methoxy groups -OCH3 is 1. The van der Waals surface area contributed by atoms with Crippen LogP contribution in [0.4, 0.5) is 4.79 Å². The molecule has 0 aliphatic carbocycles. The summed E-state index contributed by atoms with van der Waals surface area (Å²) in [6, 6.07) is 8.52. The van der Waals surface area contributed by atoms with Gasteiger partial charge in [-0.15, -0.1) is 11.8 Å². The minimum atomic E-state index is -1.25. The highest BCUT2D eigenvalue weighted by molar-refractivity contribution is 8.00. The van der Waals surface area contributed by atoms with Crippen LogP contribution in [-0.4, -0.2) is 83.3 Å². The zero-order valence-corrected chi connectivity index (χ0v) is 14.3. The second-order valence-corrected chi connectivity index (χ2v) is 6.77.